The summed E-state index contributed by atoms with van der Waals surface area (Å²) in [5, 5.41) is 0. The molecule has 133 valence electrons. The minimum atomic E-state index is -4.02. The van der Waals surface area contributed by atoms with Crippen molar-refractivity contribution in [3.8, 4) is 0 Å². The predicted octanol–water partition coefficient (Wildman–Crippen LogP) is 1.66. The van der Waals surface area contributed by atoms with E-state index in [9.17, 15) is 16.8 Å². The van der Waals surface area contributed by atoms with Gasteiger partial charge >= 0.3 is 0 Å². The van der Waals surface area contributed by atoms with Crippen molar-refractivity contribution in [2.45, 2.75) is 23.6 Å². The second-order valence-corrected chi connectivity index (χ2v) is 7.42. The Bertz CT molecular complexity index is 754. The van der Waals surface area contributed by atoms with Gasteiger partial charge in [0.15, 0.2) is 0 Å². The molecule has 2 aromatic rings. The first kappa shape index (κ1) is 25.0. The fourth-order valence-electron chi connectivity index (χ4n) is 1.42. The van der Waals surface area contributed by atoms with Gasteiger partial charge in [0.2, 0.25) is 0 Å². The van der Waals surface area contributed by atoms with Crippen LogP contribution in [0.25, 0.3) is 0 Å². The average Bonchev–Trinajstić information content (AvgIpc) is 2.38. The maximum Gasteiger partial charge on any atom is 0.294 e. The van der Waals surface area contributed by atoms with E-state index in [0.717, 1.165) is 11.1 Å². The van der Waals surface area contributed by atoms with Crippen molar-refractivity contribution < 1.29 is 50.0 Å². The molecular weight excluding hydrogens is 395 g/mol. The molecule has 0 atom stereocenters. The van der Waals surface area contributed by atoms with E-state index in [2.05, 4.69) is 0 Å². The first-order chi connectivity index (χ1) is 10.00. The van der Waals surface area contributed by atoms with Gasteiger partial charge in [0, 0.05) is 18.6 Å². The van der Waals surface area contributed by atoms with Crippen LogP contribution in [0.2, 0.25) is 0 Å². The third-order valence-electron chi connectivity index (χ3n) is 2.64. The second kappa shape index (κ2) is 9.95. The zero-order chi connectivity index (χ0) is 17.0. The molecule has 7 nitrogen and oxygen atoms in total. The summed E-state index contributed by atoms with van der Waals surface area (Å²) in [6.45, 7) is 3.68. The Morgan fingerprint density at radius 3 is 1.00 bits per heavy atom. The van der Waals surface area contributed by atoms with E-state index in [1.165, 1.54) is 24.3 Å². The normalized spacial score (nSPS) is 10.5. The topological polar surface area (TPSA) is 140 Å². The summed E-state index contributed by atoms with van der Waals surface area (Å²) in [5.41, 5.74) is 1.91. The van der Waals surface area contributed by atoms with Crippen LogP contribution in [0.1, 0.15) is 11.1 Å². The summed E-state index contributed by atoms with van der Waals surface area (Å²) in [5.74, 6) is 0. The van der Waals surface area contributed by atoms with Crippen LogP contribution in [0, 0.1) is 13.8 Å². The molecular formula is C14H18O7S2V. The first-order valence-corrected chi connectivity index (χ1v) is 8.96. The molecule has 4 N–H and O–H groups in total. The number of hydrogen-bond donors (Lipinski definition) is 2. The summed E-state index contributed by atoms with van der Waals surface area (Å²) in [6, 6.07) is 12.0. The molecule has 0 aliphatic rings. The number of hydrogen-bond acceptors (Lipinski definition) is 4. The molecule has 0 aliphatic carbocycles. The zero-order valence-electron chi connectivity index (χ0n) is 12.9. The minimum absolute atomic E-state index is 0. The third kappa shape index (κ3) is 8.60. The molecule has 2 aromatic carbocycles. The Balaban J connectivity index is 0. The molecule has 10 heteroatoms. The van der Waals surface area contributed by atoms with Crippen molar-refractivity contribution in [3.63, 3.8) is 0 Å². The van der Waals surface area contributed by atoms with Gasteiger partial charge in [-0.1, -0.05) is 35.4 Å². The van der Waals surface area contributed by atoms with Crippen molar-refractivity contribution >= 4 is 20.2 Å². The fraction of sp³-hybridized carbons (Fsp3) is 0.143. The predicted molar refractivity (Wildman–Crippen MR) is 85.6 cm³/mol. The maximum atomic E-state index is 10.5. The molecule has 0 aliphatic heterocycles. The quantitative estimate of drug-likeness (QED) is 0.718. The molecule has 0 aromatic heterocycles. The Morgan fingerprint density at radius 1 is 0.625 bits per heavy atom. The standard InChI is InChI=1S/2C7H8O3S.H2O.V/c2*1-6-2-4-7(5-3-6)11(8,9)10;;/h2*2-5H,1H3,(H,8,9,10);1H2;. The summed E-state index contributed by atoms with van der Waals surface area (Å²) >= 11 is 0. The van der Waals surface area contributed by atoms with Crippen molar-refractivity contribution in [3.05, 3.63) is 59.7 Å². The Labute approximate surface area is 153 Å². The summed E-state index contributed by atoms with van der Waals surface area (Å²) in [6.07, 6.45) is 0. The maximum absolute atomic E-state index is 10.5. The van der Waals surface area contributed by atoms with Crippen LogP contribution in [0.4, 0.5) is 0 Å². The van der Waals surface area contributed by atoms with Gasteiger partial charge < -0.3 is 5.48 Å². The second-order valence-electron chi connectivity index (χ2n) is 4.58. The summed E-state index contributed by atoms with van der Waals surface area (Å²) in [4.78, 5) is -0.133. The Hall–Kier alpha value is -1.20. The largest absolute Gasteiger partial charge is 0.412 e. The summed E-state index contributed by atoms with van der Waals surface area (Å²) < 4.78 is 59.1. The van der Waals surface area contributed by atoms with Crippen molar-refractivity contribution in [1.29, 1.82) is 0 Å². The van der Waals surface area contributed by atoms with Gasteiger partial charge in [-0.25, -0.2) is 0 Å². The van der Waals surface area contributed by atoms with E-state index in [1.54, 1.807) is 24.3 Å². The molecule has 0 bridgehead atoms. The molecule has 0 saturated heterocycles. The molecule has 24 heavy (non-hydrogen) atoms. The molecule has 0 fully saturated rings. The van der Waals surface area contributed by atoms with Crippen LogP contribution in [0.5, 0.6) is 0 Å². The summed E-state index contributed by atoms with van der Waals surface area (Å²) in [7, 11) is -8.04. The number of benzene rings is 2. The smallest absolute Gasteiger partial charge is 0.294 e. The van der Waals surface area contributed by atoms with Crippen molar-refractivity contribution in [2.75, 3.05) is 0 Å². The Kier molecular flexibility index (Phi) is 10.4. The van der Waals surface area contributed by atoms with E-state index < -0.39 is 20.2 Å². The van der Waals surface area contributed by atoms with E-state index in [-0.39, 0.29) is 33.8 Å². The molecule has 1 radical (unpaired) electrons. The van der Waals surface area contributed by atoms with E-state index in [4.69, 9.17) is 9.11 Å². The van der Waals surface area contributed by atoms with Crippen LogP contribution < -0.4 is 0 Å². The van der Waals surface area contributed by atoms with Gasteiger partial charge in [0.05, 0.1) is 9.79 Å². The average molecular weight is 413 g/mol. The van der Waals surface area contributed by atoms with Crippen molar-refractivity contribution in [1.82, 2.24) is 0 Å². The van der Waals surface area contributed by atoms with Gasteiger partial charge in [0.1, 0.15) is 0 Å². The molecule has 0 heterocycles. The number of rotatable bonds is 2. The number of aryl methyl sites for hydroxylation is 2. The van der Waals surface area contributed by atoms with E-state index in [0.29, 0.717) is 0 Å². The third-order valence-corrected chi connectivity index (χ3v) is 4.37. The molecule has 2 rings (SSSR count). The van der Waals surface area contributed by atoms with Crippen LogP contribution in [0.15, 0.2) is 58.3 Å². The van der Waals surface area contributed by atoms with E-state index >= 15 is 0 Å². The van der Waals surface area contributed by atoms with E-state index in [1.807, 2.05) is 13.8 Å². The van der Waals surface area contributed by atoms with Gasteiger partial charge in [0.25, 0.3) is 20.2 Å². The van der Waals surface area contributed by atoms with Gasteiger partial charge in [-0.05, 0) is 38.1 Å². The Morgan fingerprint density at radius 2 is 0.833 bits per heavy atom. The van der Waals surface area contributed by atoms with Gasteiger partial charge in [-0.15, -0.1) is 0 Å². The molecule has 0 saturated carbocycles. The van der Waals surface area contributed by atoms with Crippen LogP contribution >= 0.6 is 0 Å². The van der Waals surface area contributed by atoms with Gasteiger partial charge in [-0.3, -0.25) is 9.11 Å². The van der Waals surface area contributed by atoms with Crippen LogP contribution in [-0.2, 0) is 38.8 Å². The van der Waals surface area contributed by atoms with Crippen LogP contribution in [0.3, 0.4) is 0 Å². The minimum Gasteiger partial charge on any atom is -0.412 e. The first-order valence-electron chi connectivity index (χ1n) is 6.08. The monoisotopic (exact) mass is 413 g/mol. The van der Waals surface area contributed by atoms with Crippen LogP contribution in [-0.4, -0.2) is 31.4 Å². The zero-order valence-corrected chi connectivity index (χ0v) is 15.9. The fourth-order valence-corrected chi connectivity index (χ4v) is 2.38. The van der Waals surface area contributed by atoms with Gasteiger partial charge in [-0.2, -0.15) is 16.8 Å². The SMILES string of the molecule is Cc1ccc(S(=O)(=O)O)cc1.Cc1ccc(S(=O)(=O)O)cc1.O.[V]. The molecule has 0 unspecified atom stereocenters. The molecule has 0 spiro atoms. The molecule has 0 amide bonds. The van der Waals surface area contributed by atoms with Crippen molar-refractivity contribution in [2.24, 2.45) is 0 Å².